The number of hydrogen-bond acceptors (Lipinski definition) is 4. The van der Waals surface area contributed by atoms with Crippen LogP contribution in [0.4, 0.5) is 0 Å². The first-order chi connectivity index (χ1) is 25.8. The lowest BCUT2D eigenvalue weighted by Gasteiger charge is -2.12. The largest absolute Gasteiger partial charge is 0.294 e. The van der Waals surface area contributed by atoms with Crippen LogP contribution >= 0.6 is 11.3 Å². The van der Waals surface area contributed by atoms with Crippen LogP contribution in [0, 0.1) is 0 Å². The molecule has 0 N–H and O–H groups in total. The molecule has 0 amide bonds. The predicted octanol–water partition coefficient (Wildman–Crippen LogP) is 12.6. The van der Waals surface area contributed by atoms with Gasteiger partial charge in [-0.15, -0.1) is 11.3 Å². The minimum Gasteiger partial charge on any atom is -0.294 e. The van der Waals surface area contributed by atoms with E-state index >= 15 is 0 Å². The number of benzene rings is 7. The molecule has 0 spiro atoms. The van der Waals surface area contributed by atoms with Crippen molar-refractivity contribution in [3.63, 3.8) is 0 Å². The fraction of sp³-hybridized carbons (Fsp3) is 0. The van der Waals surface area contributed by atoms with Crippen LogP contribution in [0.2, 0.25) is 0 Å². The predicted molar refractivity (Wildman–Crippen MR) is 218 cm³/mol. The lowest BCUT2D eigenvalue weighted by atomic mass is 9.99. The third kappa shape index (κ3) is 4.43. The molecule has 7 aromatic carbocycles. The highest BCUT2D eigenvalue weighted by Gasteiger charge is 2.19. The lowest BCUT2D eigenvalue weighted by molar-refractivity contribution is 1.08. The second-order valence-electron chi connectivity index (χ2n) is 13.2. The normalized spacial score (nSPS) is 11.8. The molecule has 5 heteroatoms. The minimum absolute atomic E-state index is 0.718. The Kier molecular flexibility index (Phi) is 6.39. The minimum atomic E-state index is 0.718. The lowest BCUT2D eigenvalue weighted by Crippen LogP contribution is -1.96. The van der Waals surface area contributed by atoms with Gasteiger partial charge in [-0.25, -0.2) is 15.0 Å². The van der Waals surface area contributed by atoms with Gasteiger partial charge in [0.2, 0.25) is 0 Å². The molecular formula is C47H28N4S. The molecule has 4 heterocycles. The highest BCUT2D eigenvalue weighted by atomic mass is 32.1. The molecule has 0 saturated carbocycles. The Morgan fingerprint density at radius 1 is 0.442 bits per heavy atom. The molecule has 0 aliphatic heterocycles. The number of aromatic nitrogens is 4. The maximum absolute atomic E-state index is 5.39. The van der Waals surface area contributed by atoms with Crippen LogP contribution in [-0.2, 0) is 0 Å². The average molecular weight is 681 g/mol. The first-order valence-corrected chi connectivity index (χ1v) is 18.3. The van der Waals surface area contributed by atoms with E-state index < -0.39 is 0 Å². The monoisotopic (exact) mass is 680 g/mol. The number of hydrogen-bond donors (Lipinski definition) is 0. The molecule has 0 fully saturated rings. The van der Waals surface area contributed by atoms with Gasteiger partial charge in [0.15, 0.2) is 5.82 Å². The summed E-state index contributed by atoms with van der Waals surface area (Å²) in [6.07, 6.45) is 1.85. The Balaban J connectivity index is 1.10. The van der Waals surface area contributed by atoms with Gasteiger partial charge in [0, 0.05) is 53.7 Å². The number of rotatable bonds is 4. The van der Waals surface area contributed by atoms with Gasteiger partial charge < -0.3 is 0 Å². The molecular weight excluding hydrogens is 653 g/mol. The van der Waals surface area contributed by atoms with E-state index in [9.17, 15) is 0 Å². The fourth-order valence-corrected chi connectivity index (χ4v) is 8.98. The zero-order valence-corrected chi connectivity index (χ0v) is 28.7. The van der Waals surface area contributed by atoms with Gasteiger partial charge in [0.25, 0.3) is 0 Å². The van der Waals surface area contributed by atoms with Gasteiger partial charge in [0.1, 0.15) is 5.82 Å². The summed E-state index contributed by atoms with van der Waals surface area (Å²) in [6.45, 7) is 0. The van der Waals surface area contributed by atoms with Gasteiger partial charge in [-0.05, 0) is 64.4 Å². The molecule has 0 aliphatic carbocycles. The smallest absolute Gasteiger partial charge is 0.160 e. The number of fused-ring (bicyclic) bond motifs is 10. The van der Waals surface area contributed by atoms with E-state index in [1.54, 1.807) is 0 Å². The Morgan fingerprint density at radius 3 is 2.00 bits per heavy atom. The van der Waals surface area contributed by atoms with Crippen molar-refractivity contribution in [1.29, 1.82) is 0 Å². The molecule has 0 radical (unpaired) electrons. The Labute approximate surface area is 302 Å². The van der Waals surface area contributed by atoms with Gasteiger partial charge >= 0.3 is 0 Å². The Morgan fingerprint density at radius 2 is 1.13 bits per heavy atom. The summed E-state index contributed by atoms with van der Waals surface area (Å²) >= 11 is 1.83. The summed E-state index contributed by atoms with van der Waals surface area (Å²) in [5, 5.41) is 8.43. The first kappa shape index (κ1) is 29.1. The van der Waals surface area contributed by atoms with E-state index in [0.29, 0.717) is 0 Å². The molecule has 11 aromatic rings. The van der Waals surface area contributed by atoms with Gasteiger partial charge in [-0.2, -0.15) is 0 Å². The quantitative estimate of drug-likeness (QED) is 0.186. The highest BCUT2D eigenvalue weighted by Crippen LogP contribution is 2.43. The average Bonchev–Trinajstić information content (AvgIpc) is 3.77. The van der Waals surface area contributed by atoms with Crippen molar-refractivity contribution < 1.29 is 0 Å². The summed E-state index contributed by atoms with van der Waals surface area (Å²) in [4.78, 5) is 15.4. The fourth-order valence-electron chi connectivity index (χ4n) is 7.86. The molecule has 0 bridgehead atoms. The first-order valence-electron chi connectivity index (χ1n) is 17.4. The van der Waals surface area contributed by atoms with Crippen LogP contribution in [-0.4, -0.2) is 19.5 Å². The Hall–Kier alpha value is -6.69. The van der Waals surface area contributed by atoms with E-state index in [4.69, 9.17) is 15.0 Å². The molecule has 0 unspecified atom stereocenters. The molecule has 0 saturated heterocycles. The summed E-state index contributed by atoms with van der Waals surface area (Å²) in [7, 11) is 0. The summed E-state index contributed by atoms with van der Waals surface area (Å²) in [5.41, 5.74) is 8.53. The highest BCUT2D eigenvalue weighted by molar-refractivity contribution is 7.26. The van der Waals surface area contributed by atoms with Crippen LogP contribution in [0.3, 0.4) is 0 Å². The summed E-state index contributed by atoms with van der Waals surface area (Å²) in [6, 6.07) is 58.1. The Bertz CT molecular complexity index is 3160. The van der Waals surface area contributed by atoms with E-state index in [1.807, 2.05) is 29.7 Å². The number of thiophene rings is 1. The number of para-hydroxylation sites is 1. The molecule has 4 nitrogen and oxygen atoms in total. The second-order valence-corrected chi connectivity index (χ2v) is 14.3. The third-order valence-electron chi connectivity index (χ3n) is 10.3. The number of nitrogens with zero attached hydrogens (tertiary/aromatic N) is 4. The molecule has 242 valence electrons. The van der Waals surface area contributed by atoms with E-state index in [0.717, 1.165) is 61.5 Å². The van der Waals surface area contributed by atoms with E-state index in [1.165, 1.54) is 41.7 Å². The van der Waals surface area contributed by atoms with Crippen LogP contribution in [0.1, 0.15) is 0 Å². The molecule has 0 aliphatic rings. The van der Waals surface area contributed by atoms with E-state index in [2.05, 4.69) is 156 Å². The van der Waals surface area contributed by atoms with Crippen LogP contribution in [0.25, 0.3) is 103 Å². The van der Waals surface area contributed by atoms with Gasteiger partial charge in [-0.1, -0.05) is 121 Å². The standard InChI is InChI=1S/C47H28N4S/c1-2-11-31(12-3-1)45-37-24-26-41-44(43-34-13-5-4-10-30(34)22-25-40(43)52-41)46(37)50-47(49-45)32-19-17-29(18-20-32)33-21-23-36-35-14-6-7-15-38(35)51(39(36)28-33)42-16-8-9-27-48-42/h1-28H. The van der Waals surface area contributed by atoms with Crippen molar-refractivity contribution in [2.24, 2.45) is 0 Å². The van der Waals surface area contributed by atoms with Crippen molar-refractivity contribution in [3.8, 4) is 39.6 Å². The van der Waals surface area contributed by atoms with Crippen LogP contribution in [0.5, 0.6) is 0 Å². The van der Waals surface area contributed by atoms with Gasteiger partial charge in [0.05, 0.1) is 22.2 Å². The zero-order valence-electron chi connectivity index (χ0n) is 27.9. The van der Waals surface area contributed by atoms with Crippen molar-refractivity contribution in [3.05, 3.63) is 170 Å². The maximum atomic E-state index is 5.39. The van der Waals surface area contributed by atoms with Crippen LogP contribution < -0.4 is 0 Å². The van der Waals surface area contributed by atoms with Crippen molar-refractivity contribution in [2.75, 3.05) is 0 Å². The summed E-state index contributed by atoms with van der Waals surface area (Å²) in [5.74, 6) is 1.63. The molecule has 4 aromatic heterocycles. The topological polar surface area (TPSA) is 43.6 Å². The molecule has 11 rings (SSSR count). The second kappa shape index (κ2) is 11.4. The summed E-state index contributed by atoms with van der Waals surface area (Å²) < 4.78 is 4.76. The zero-order chi connectivity index (χ0) is 34.2. The van der Waals surface area contributed by atoms with Gasteiger partial charge in [-0.3, -0.25) is 4.57 Å². The van der Waals surface area contributed by atoms with Crippen molar-refractivity contribution >= 4 is 75.0 Å². The maximum Gasteiger partial charge on any atom is 0.160 e. The van der Waals surface area contributed by atoms with E-state index in [-0.39, 0.29) is 0 Å². The molecule has 0 atom stereocenters. The molecule has 52 heavy (non-hydrogen) atoms. The third-order valence-corrected chi connectivity index (χ3v) is 11.4. The van der Waals surface area contributed by atoms with Crippen molar-refractivity contribution in [2.45, 2.75) is 0 Å². The van der Waals surface area contributed by atoms with Crippen LogP contribution in [0.15, 0.2) is 170 Å². The SMILES string of the molecule is c1ccc(-c2nc(-c3ccc(-c4ccc5c6ccccc6n(-c6ccccn6)c5c4)cc3)nc3c2ccc2sc4ccc5ccccc5c4c23)cc1. The van der Waals surface area contributed by atoms with Crippen molar-refractivity contribution in [1.82, 2.24) is 19.5 Å². The number of pyridine rings is 1.